The van der Waals surface area contributed by atoms with Crippen LogP contribution in [0, 0.1) is 12.8 Å². The fraction of sp³-hybridized carbons (Fsp3) is 0.292. The molecule has 1 heterocycles. The van der Waals surface area contributed by atoms with Crippen LogP contribution >= 0.6 is 11.6 Å². The van der Waals surface area contributed by atoms with Crippen LogP contribution in [0.15, 0.2) is 54.6 Å². The van der Waals surface area contributed by atoms with Gasteiger partial charge in [-0.1, -0.05) is 37.6 Å². The number of aromatic nitrogens is 1. The van der Waals surface area contributed by atoms with Gasteiger partial charge in [0.1, 0.15) is 5.75 Å². The van der Waals surface area contributed by atoms with Crippen molar-refractivity contribution in [1.82, 2.24) is 9.88 Å². The molecule has 152 valence electrons. The maximum Gasteiger partial charge on any atom is 0.253 e. The third-order valence-corrected chi connectivity index (χ3v) is 5.22. The van der Waals surface area contributed by atoms with E-state index in [1.54, 1.807) is 7.11 Å². The topological polar surface area (TPSA) is 43.3 Å². The van der Waals surface area contributed by atoms with Crippen molar-refractivity contribution in [2.24, 2.45) is 5.92 Å². The molecule has 0 bridgehead atoms. The molecule has 0 aliphatic carbocycles. The van der Waals surface area contributed by atoms with Crippen LogP contribution in [0.3, 0.4) is 0 Å². The minimum atomic E-state index is -0.0503. The van der Waals surface area contributed by atoms with E-state index in [-0.39, 0.29) is 5.91 Å². The molecule has 0 saturated carbocycles. The van der Waals surface area contributed by atoms with Crippen LogP contribution < -0.4 is 10.1 Å². The molecular weight excluding hydrogens is 384 g/mol. The van der Waals surface area contributed by atoms with Crippen molar-refractivity contribution in [3.63, 3.8) is 0 Å². The van der Waals surface area contributed by atoms with Gasteiger partial charge >= 0.3 is 0 Å². The predicted molar refractivity (Wildman–Crippen MR) is 119 cm³/mol. The zero-order valence-corrected chi connectivity index (χ0v) is 18.1. The van der Waals surface area contributed by atoms with Crippen molar-refractivity contribution in [2.45, 2.75) is 27.2 Å². The van der Waals surface area contributed by atoms with E-state index in [4.69, 9.17) is 16.3 Å². The summed E-state index contributed by atoms with van der Waals surface area (Å²) in [4.78, 5) is 12.9. The Hall–Kier alpha value is -2.72. The molecule has 29 heavy (non-hydrogen) atoms. The van der Waals surface area contributed by atoms with E-state index < -0.39 is 0 Å². The smallest absolute Gasteiger partial charge is 0.253 e. The zero-order chi connectivity index (χ0) is 21.0. The van der Waals surface area contributed by atoms with Gasteiger partial charge in [-0.3, -0.25) is 4.79 Å². The van der Waals surface area contributed by atoms with Gasteiger partial charge < -0.3 is 14.6 Å². The summed E-state index contributed by atoms with van der Waals surface area (Å²) < 4.78 is 7.38. The van der Waals surface area contributed by atoms with Crippen LogP contribution in [-0.2, 0) is 0 Å². The first-order valence-electron chi connectivity index (χ1n) is 9.81. The zero-order valence-electron chi connectivity index (χ0n) is 17.3. The summed E-state index contributed by atoms with van der Waals surface area (Å²) in [5.74, 6) is 1.29. The number of ether oxygens (including phenoxy) is 1. The Morgan fingerprint density at radius 1 is 1.10 bits per heavy atom. The first kappa shape index (κ1) is 21.0. The van der Waals surface area contributed by atoms with Gasteiger partial charge in [0.05, 0.1) is 18.4 Å². The van der Waals surface area contributed by atoms with E-state index in [1.807, 2.05) is 61.5 Å². The summed E-state index contributed by atoms with van der Waals surface area (Å²) in [6.07, 6.45) is 0.952. The monoisotopic (exact) mass is 410 g/mol. The van der Waals surface area contributed by atoms with Gasteiger partial charge in [0.2, 0.25) is 0 Å². The molecule has 0 aliphatic rings. The first-order valence-corrected chi connectivity index (χ1v) is 10.2. The SMILES string of the molecule is COc1ccc(-n2c(-c3ccc(Cl)cc3)cc(C(=O)NCCC(C)C)c2C)cc1. The number of nitrogens with zero attached hydrogens (tertiary/aromatic N) is 1. The molecule has 0 radical (unpaired) electrons. The van der Waals surface area contributed by atoms with Crippen LogP contribution in [0.4, 0.5) is 0 Å². The molecule has 0 fully saturated rings. The highest BCUT2D eigenvalue weighted by atomic mass is 35.5. The second kappa shape index (κ2) is 9.19. The first-order chi connectivity index (χ1) is 13.9. The molecule has 0 unspecified atom stereocenters. The molecule has 5 heteroatoms. The van der Waals surface area contributed by atoms with Crippen LogP contribution in [0.5, 0.6) is 5.75 Å². The van der Waals surface area contributed by atoms with Crippen molar-refractivity contribution >= 4 is 17.5 Å². The molecule has 1 aromatic heterocycles. The number of benzene rings is 2. The van der Waals surface area contributed by atoms with Gasteiger partial charge in [-0.25, -0.2) is 0 Å². The van der Waals surface area contributed by atoms with Gasteiger partial charge in [0.25, 0.3) is 5.91 Å². The number of methoxy groups -OCH3 is 1. The molecule has 0 aliphatic heterocycles. The lowest BCUT2D eigenvalue weighted by Crippen LogP contribution is -2.25. The summed E-state index contributed by atoms with van der Waals surface area (Å²) in [6, 6.07) is 17.4. The summed E-state index contributed by atoms with van der Waals surface area (Å²) in [5, 5.41) is 3.73. The number of hydrogen-bond donors (Lipinski definition) is 1. The van der Waals surface area contributed by atoms with E-state index in [9.17, 15) is 4.79 Å². The minimum Gasteiger partial charge on any atom is -0.497 e. The second-order valence-corrected chi connectivity index (χ2v) is 7.94. The molecule has 0 atom stereocenters. The third-order valence-electron chi connectivity index (χ3n) is 4.97. The highest BCUT2D eigenvalue weighted by molar-refractivity contribution is 6.30. The van der Waals surface area contributed by atoms with Crippen molar-refractivity contribution < 1.29 is 9.53 Å². The number of nitrogens with one attached hydrogen (secondary N) is 1. The fourth-order valence-electron chi connectivity index (χ4n) is 3.30. The van der Waals surface area contributed by atoms with Gasteiger partial charge in [0, 0.05) is 22.9 Å². The summed E-state index contributed by atoms with van der Waals surface area (Å²) in [7, 11) is 1.65. The predicted octanol–water partition coefficient (Wildman–Crippen LogP) is 5.89. The Morgan fingerprint density at radius 3 is 2.34 bits per heavy atom. The molecule has 0 spiro atoms. The number of hydrogen-bond acceptors (Lipinski definition) is 2. The lowest BCUT2D eigenvalue weighted by Gasteiger charge is -2.13. The molecule has 0 saturated heterocycles. The summed E-state index contributed by atoms with van der Waals surface area (Å²) in [6.45, 7) is 6.94. The highest BCUT2D eigenvalue weighted by Crippen LogP contribution is 2.31. The quantitative estimate of drug-likeness (QED) is 0.527. The van der Waals surface area contributed by atoms with Gasteiger partial charge in [-0.15, -0.1) is 0 Å². The van der Waals surface area contributed by atoms with E-state index in [1.165, 1.54) is 0 Å². The Balaban J connectivity index is 2.05. The fourth-order valence-corrected chi connectivity index (χ4v) is 3.43. The molecular formula is C24H27ClN2O2. The van der Waals surface area contributed by atoms with Crippen LogP contribution in [0.2, 0.25) is 5.02 Å². The lowest BCUT2D eigenvalue weighted by molar-refractivity contribution is 0.0951. The van der Waals surface area contributed by atoms with Gasteiger partial charge in [0.15, 0.2) is 0 Å². The molecule has 4 nitrogen and oxygen atoms in total. The number of carbonyl (C=O) groups excluding carboxylic acids is 1. The Kier molecular flexibility index (Phi) is 6.65. The van der Waals surface area contributed by atoms with Gasteiger partial charge in [-0.2, -0.15) is 0 Å². The average Bonchev–Trinajstić information content (AvgIpc) is 3.05. The Labute approximate surface area is 177 Å². The van der Waals surface area contributed by atoms with E-state index in [0.29, 0.717) is 23.0 Å². The molecule has 3 rings (SSSR count). The van der Waals surface area contributed by atoms with E-state index in [2.05, 4.69) is 23.7 Å². The number of carbonyl (C=O) groups is 1. The average molecular weight is 411 g/mol. The molecule has 2 aromatic carbocycles. The summed E-state index contributed by atoms with van der Waals surface area (Å²) in [5.41, 5.74) is 4.47. The normalized spacial score (nSPS) is 11.0. The van der Waals surface area contributed by atoms with Crippen molar-refractivity contribution in [2.75, 3.05) is 13.7 Å². The number of halogens is 1. The van der Waals surface area contributed by atoms with E-state index in [0.717, 1.165) is 34.8 Å². The van der Waals surface area contributed by atoms with E-state index >= 15 is 0 Å². The second-order valence-electron chi connectivity index (χ2n) is 7.51. The van der Waals surface area contributed by atoms with Crippen molar-refractivity contribution in [1.29, 1.82) is 0 Å². The standard InChI is InChI=1S/C24H27ClN2O2/c1-16(2)13-14-26-24(28)22-15-23(18-5-7-19(25)8-6-18)27(17(22)3)20-9-11-21(29-4)12-10-20/h5-12,15-16H,13-14H2,1-4H3,(H,26,28). The third kappa shape index (κ3) is 4.83. The van der Waals surface area contributed by atoms with Gasteiger partial charge in [-0.05, 0) is 67.3 Å². The maximum absolute atomic E-state index is 12.9. The van der Waals surface area contributed by atoms with Crippen LogP contribution in [0.25, 0.3) is 16.9 Å². The minimum absolute atomic E-state index is 0.0503. The Bertz CT molecular complexity index is 973. The highest BCUT2D eigenvalue weighted by Gasteiger charge is 2.19. The lowest BCUT2D eigenvalue weighted by atomic mass is 10.1. The van der Waals surface area contributed by atoms with Crippen molar-refractivity contribution in [3.05, 3.63) is 70.9 Å². The molecule has 3 aromatic rings. The summed E-state index contributed by atoms with van der Waals surface area (Å²) >= 11 is 6.07. The van der Waals surface area contributed by atoms with Crippen LogP contribution in [-0.4, -0.2) is 24.1 Å². The van der Waals surface area contributed by atoms with Crippen molar-refractivity contribution in [3.8, 4) is 22.7 Å². The largest absolute Gasteiger partial charge is 0.497 e. The molecule has 1 N–H and O–H groups in total. The molecule has 1 amide bonds. The number of rotatable bonds is 7. The number of amides is 1. The van der Waals surface area contributed by atoms with Crippen LogP contribution in [0.1, 0.15) is 36.3 Å². The maximum atomic E-state index is 12.9. The Morgan fingerprint density at radius 2 is 1.76 bits per heavy atom.